The highest BCUT2D eigenvalue weighted by Crippen LogP contribution is 2.35. The van der Waals surface area contributed by atoms with Crippen molar-refractivity contribution in [1.29, 1.82) is 0 Å². The van der Waals surface area contributed by atoms with Crippen LogP contribution in [0.5, 0.6) is 5.75 Å². The van der Waals surface area contributed by atoms with Crippen LogP contribution in [0.4, 0.5) is 0 Å². The van der Waals surface area contributed by atoms with Crippen molar-refractivity contribution in [2.24, 2.45) is 0 Å². The Morgan fingerprint density at radius 2 is 2.28 bits per heavy atom. The number of ether oxygens (including phenoxy) is 2. The molecule has 0 N–H and O–H groups in total. The maximum absolute atomic E-state index is 11.6. The summed E-state index contributed by atoms with van der Waals surface area (Å²) < 4.78 is 10.3. The Morgan fingerprint density at radius 3 is 3.00 bits per heavy atom. The predicted molar refractivity (Wildman–Crippen MR) is 69.9 cm³/mol. The molecule has 0 amide bonds. The maximum atomic E-state index is 11.6. The third-order valence-corrected chi connectivity index (χ3v) is 3.51. The van der Waals surface area contributed by atoms with Crippen molar-refractivity contribution >= 4 is 5.97 Å². The van der Waals surface area contributed by atoms with Gasteiger partial charge in [0.25, 0.3) is 0 Å². The zero-order chi connectivity index (χ0) is 13.0. The number of methoxy groups -OCH3 is 1. The van der Waals surface area contributed by atoms with Gasteiger partial charge < -0.3 is 9.47 Å². The van der Waals surface area contributed by atoms with Gasteiger partial charge in [-0.25, -0.2) is 0 Å². The van der Waals surface area contributed by atoms with Crippen molar-refractivity contribution in [2.45, 2.75) is 38.5 Å². The average Bonchev–Trinajstić information content (AvgIpc) is 2.38. The number of carbonyl (C=O) groups excluding carboxylic acids is 1. The molecule has 1 aromatic rings. The van der Waals surface area contributed by atoms with E-state index in [1.54, 1.807) is 7.11 Å². The van der Waals surface area contributed by atoms with Crippen molar-refractivity contribution in [3.05, 3.63) is 29.3 Å². The van der Waals surface area contributed by atoms with Crippen molar-refractivity contribution in [3.8, 4) is 5.75 Å². The fourth-order valence-corrected chi connectivity index (χ4v) is 2.65. The van der Waals surface area contributed by atoms with Gasteiger partial charge in [-0.15, -0.1) is 0 Å². The van der Waals surface area contributed by atoms with Crippen molar-refractivity contribution in [1.82, 2.24) is 0 Å². The molecule has 0 saturated carbocycles. The Kier molecular flexibility index (Phi) is 4.24. The van der Waals surface area contributed by atoms with E-state index in [2.05, 4.69) is 12.1 Å². The van der Waals surface area contributed by atoms with Gasteiger partial charge in [0.05, 0.1) is 20.1 Å². The molecule has 2 rings (SSSR count). The minimum absolute atomic E-state index is 0.0915. The quantitative estimate of drug-likeness (QED) is 0.768. The number of rotatable bonds is 4. The molecule has 0 aliphatic heterocycles. The molecule has 0 spiro atoms. The fourth-order valence-electron chi connectivity index (χ4n) is 2.65. The van der Waals surface area contributed by atoms with Crippen LogP contribution >= 0.6 is 0 Å². The summed E-state index contributed by atoms with van der Waals surface area (Å²) in [6.07, 6.45) is 3.77. The van der Waals surface area contributed by atoms with Gasteiger partial charge in [0.1, 0.15) is 5.75 Å². The summed E-state index contributed by atoms with van der Waals surface area (Å²) in [5.74, 6) is 1.11. The molecular weight excluding hydrogens is 228 g/mol. The molecule has 0 unspecified atom stereocenters. The molecule has 1 aromatic carbocycles. The lowest BCUT2D eigenvalue weighted by atomic mass is 9.81. The number of carbonyl (C=O) groups is 1. The SMILES string of the molecule is CCOC(=O)C[C@H]1CCCc2cc(OC)ccc21. The first kappa shape index (κ1) is 12.9. The lowest BCUT2D eigenvalue weighted by Crippen LogP contribution is -2.15. The van der Waals surface area contributed by atoms with E-state index in [0.717, 1.165) is 25.0 Å². The second-order valence-corrected chi connectivity index (χ2v) is 4.66. The Bertz CT molecular complexity index is 426. The van der Waals surface area contributed by atoms with Crippen LogP contribution in [0.15, 0.2) is 18.2 Å². The molecule has 0 aromatic heterocycles. The van der Waals surface area contributed by atoms with Crippen LogP contribution in [0.1, 0.15) is 43.2 Å². The number of fused-ring (bicyclic) bond motifs is 1. The number of benzene rings is 1. The number of esters is 1. The van der Waals surface area contributed by atoms with Crippen LogP contribution in [0.25, 0.3) is 0 Å². The molecule has 18 heavy (non-hydrogen) atoms. The van der Waals surface area contributed by atoms with Gasteiger partial charge in [-0.05, 0) is 55.4 Å². The Morgan fingerprint density at radius 1 is 1.44 bits per heavy atom. The van der Waals surface area contributed by atoms with E-state index in [1.165, 1.54) is 11.1 Å². The summed E-state index contributed by atoms with van der Waals surface area (Å²) in [6, 6.07) is 6.16. The van der Waals surface area contributed by atoms with Crippen LogP contribution in [-0.4, -0.2) is 19.7 Å². The van der Waals surface area contributed by atoms with Crippen molar-refractivity contribution < 1.29 is 14.3 Å². The van der Waals surface area contributed by atoms with Crippen LogP contribution in [0.2, 0.25) is 0 Å². The highest BCUT2D eigenvalue weighted by atomic mass is 16.5. The summed E-state index contributed by atoms with van der Waals surface area (Å²) in [5, 5.41) is 0. The highest BCUT2D eigenvalue weighted by Gasteiger charge is 2.23. The summed E-state index contributed by atoms with van der Waals surface area (Å²) in [6.45, 7) is 2.30. The third-order valence-electron chi connectivity index (χ3n) is 3.51. The summed E-state index contributed by atoms with van der Waals surface area (Å²) >= 11 is 0. The second kappa shape index (κ2) is 5.89. The molecule has 1 atom stereocenters. The van der Waals surface area contributed by atoms with E-state index in [9.17, 15) is 4.79 Å². The Labute approximate surface area is 108 Å². The number of aryl methyl sites for hydroxylation is 1. The molecule has 1 aliphatic rings. The first-order valence-corrected chi connectivity index (χ1v) is 6.57. The van der Waals surface area contributed by atoms with E-state index >= 15 is 0 Å². The van der Waals surface area contributed by atoms with Gasteiger partial charge in [-0.3, -0.25) is 4.79 Å². The van der Waals surface area contributed by atoms with Gasteiger partial charge in [0, 0.05) is 0 Å². The van der Waals surface area contributed by atoms with E-state index in [1.807, 2.05) is 13.0 Å². The zero-order valence-electron chi connectivity index (χ0n) is 11.1. The normalized spacial score (nSPS) is 18.0. The van der Waals surface area contributed by atoms with Crippen LogP contribution in [-0.2, 0) is 16.0 Å². The lowest BCUT2D eigenvalue weighted by molar-refractivity contribution is -0.143. The van der Waals surface area contributed by atoms with E-state index in [0.29, 0.717) is 18.9 Å². The monoisotopic (exact) mass is 248 g/mol. The molecule has 1 aliphatic carbocycles. The minimum Gasteiger partial charge on any atom is -0.497 e. The molecule has 0 bridgehead atoms. The second-order valence-electron chi connectivity index (χ2n) is 4.66. The van der Waals surface area contributed by atoms with Gasteiger partial charge in [0.15, 0.2) is 0 Å². The highest BCUT2D eigenvalue weighted by molar-refractivity contribution is 5.70. The fraction of sp³-hybridized carbons (Fsp3) is 0.533. The first-order valence-electron chi connectivity index (χ1n) is 6.57. The zero-order valence-corrected chi connectivity index (χ0v) is 11.1. The molecule has 0 heterocycles. The molecule has 98 valence electrons. The summed E-state index contributed by atoms with van der Waals surface area (Å²) in [4.78, 5) is 11.6. The van der Waals surface area contributed by atoms with E-state index in [4.69, 9.17) is 9.47 Å². The van der Waals surface area contributed by atoms with Crippen LogP contribution < -0.4 is 4.74 Å². The van der Waals surface area contributed by atoms with Gasteiger partial charge in [-0.1, -0.05) is 6.07 Å². The lowest BCUT2D eigenvalue weighted by Gasteiger charge is -2.25. The molecule has 0 radical (unpaired) electrons. The van der Waals surface area contributed by atoms with Gasteiger partial charge in [-0.2, -0.15) is 0 Å². The molecule has 3 nitrogen and oxygen atoms in total. The summed E-state index contributed by atoms with van der Waals surface area (Å²) in [5.41, 5.74) is 2.60. The molecule has 0 fully saturated rings. The third kappa shape index (κ3) is 2.84. The smallest absolute Gasteiger partial charge is 0.306 e. The van der Waals surface area contributed by atoms with Crippen molar-refractivity contribution in [3.63, 3.8) is 0 Å². The largest absolute Gasteiger partial charge is 0.497 e. The molecule has 0 saturated heterocycles. The molecular formula is C15H20O3. The average molecular weight is 248 g/mol. The van der Waals surface area contributed by atoms with E-state index < -0.39 is 0 Å². The minimum atomic E-state index is -0.0915. The predicted octanol–water partition coefficient (Wildman–Crippen LogP) is 3.07. The van der Waals surface area contributed by atoms with Crippen LogP contribution in [0.3, 0.4) is 0 Å². The molecule has 3 heteroatoms. The number of hydrogen-bond acceptors (Lipinski definition) is 3. The van der Waals surface area contributed by atoms with E-state index in [-0.39, 0.29) is 5.97 Å². The number of hydrogen-bond donors (Lipinski definition) is 0. The van der Waals surface area contributed by atoms with Crippen LogP contribution in [0, 0.1) is 0 Å². The maximum Gasteiger partial charge on any atom is 0.306 e. The Hall–Kier alpha value is -1.51. The Balaban J connectivity index is 2.15. The van der Waals surface area contributed by atoms with Gasteiger partial charge >= 0.3 is 5.97 Å². The summed E-state index contributed by atoms with van der Waals surface area (Å²) in [7, 11) is 1.68. The topological polar surface area (TPSA) is 35.5 Å². The van der Waals surface area contributed by atoms with Gasteiger partial charge in [0.2, 0.25) is 0 Å². The first-order chi connectivity index (χ1) is 8.74. The van der Waals surface area contributed by atoms with Crippen molar-refractivity contribution in [2.75, 3.05) is 13.7 Å². The standard InChI is InChI=1S/C15H20O3/c1-3-18-15(16)10-12-6-4-5-11-9-13(17-2)7-8-14(11)12/h7-9,12H,3-6,10H2,1-2H3/t12-/m1/s1.